The number of aryl methyl sites for hydroxylation is 4. The molecule has 0 aliphatic carbocycles. The first-order valence-electron chi connectivity index (χ1n) is 7.50. The van der Waals surface area contributed by atoms with Crippen molar-refractivity contribution >= 4 is 10.0 Å². The van der Waals surface area contributed by atoms with Crippen LogP contribution in [0.15, 0.2) is 17.0 Å². The zero-order valence-electron chi connectivity index (χ0n) is 14.1. The van der Waals surface area contributed by atoms with Gasteiger partial charge in [-0.15, -0.1) is 0 Å². The van der Waals surface area contributed by atoms with Crippen molar-refractivity contribution in [3.05, 3.63) is 40.2 Å². The van der Waals surface area contributed by atoms with E-state index in [2.05, 4.69) is 14.9 Å². The Balaban J connectivity index is 2.28. The van der Waals surface area contributed by atoms with Gasteiger partial charge in [-0.25, -0.2) is 13.1 Å². The third kappa shape index (κ3) is 3.73. The molecule has 7 heteroatoms. The first-order chi connectivity index (χ1) is 10.8. The summed E-state index contributed by atoms with van der Waals surface area (Å²) in [5.41, 5.74) is 3.99. The molecule has 1 aromatic carbocycles. The van der Waals surface area contributed by atoms with E-state index in [1.807, 2.05) is 27.7 Å². The molecule has 0 aliphatic rings. The molecule has 126 valence electrons. The Morgan fingerprint density at radius 3 is 2.43 bits per heavy atom. The molecule has 0 saturated carbocycles. The van der Waals surface area contributed by atoms with Gasteiger partial charge in [0.1, 0.15) is 5.75 Å². The van der Waals surface area contributed by atoms with Crippen LogP contribution in [0, 0.1) is 27.7 Å². The SMILES string of the molecule is CCOc1cc(C)c(S(=O)(=O)NCc2c(C)n[nH]c2C)cc1C. The third-order valence-electron chi connectivity index (χ3n) is 3.78. The summed E-state index contributed by atoms with van der Waals surface area (Å²) in [6.07, 6.45) is 0. The molecule has 0 spiro atoms. The molecule has 0 radical (unpaired) electrons. The van der Waals surface area contributed by atoms with E-state index in [9.17, 15) is 8.42 Å². The van der Waals surface area contributed by atoms with Crippen molar-refractivity contribution < 1.29 is 13.2 Å². The number of sulfonamides is 1. The number of nitrogens with zero attached hydrogens (tertiary/aromatic N) is 1. The number of aromatic amines is 1. The van der Waals surface area contributed by atoms with Crippen LogP contribution in [0.1, 0.15) is 35.0 Å². The molecular formula is C16H23N3O3S. The summed E-state index contributed by atoms with van der Waals surface area (Å²) in [4.78, 5) is 0.275. The molecular weight excluding hydrogens is 314 g/mol. The lowest BCUT2D eigenvalue weighted by atomic mass is 10.1. The second kappa shape index (κ2) is 6.72. The average Bonchev–Trinajstić information content (AvgIpc) is 2.79. The summed E-state index contributed by atoms with van der Waals surface area (Å²) in [7, 11) is -3.60. The summed E-state index contributed by atoms with van der Waals surface area (Å²) in [5, 5.41) is 6.93. The van der Waals surface area contributed by atoms with Crippen LogP contribution >= 0.6 is 0 Å². The molecule has 6 nitrogen and oxygen atoms in total. The number of ether oxygens (including phenoxy) is 1. The fraction of sp³-hybridized carbons (Fsp3) is 0.438. The second-order valence-corrected chi connectivity index (χ2v) is 7.29. The molecule has 0 saturated heterocycles. The minimum Gasteiger partial charge on any atom is -0.494 e. The van der Waals surface area contributed by atoms with Gasteiger partial charge in [-0.2, -0.15) is 5.10 Å². The van der Waals surface area contributed by atoms with Crippen LogP contribution < -0.4 is 9.46 Å². The second-order valence-electron chi connectivity index (χ2n) is 5.55. The molecule has 1 heterocycles. The zero-order valence-corrected chi connectivity index (χ0v) is 15.0. The van der Waals surface area contributed by atoms with Crippen molar-refractivity contribution in [1.82, 2.24) is 14.9 Å². The highest BCUT2D eigenvalue weighted by molar-refractivity contribution is 7.89. The predicted molar refractivity (Wildman–Crippen MR) is 89.2 cm³/mol. The monoisotopic (exact) mass is 337 g/mol. The van der Waals surface area contributed by atoms with E-state index in [1.165, 1.54) is 0 Å². The Bertz CT molecular complexity index is 791. The quantitative estimate of drug-likeness (QED) is 0.848. The number of rotatable bonds is 6. The van der Waals surface area contributed by atoms with Gasteiger partial charge in [0.2, 0.25) is 10.0 Å². The number of hydrogen-bond donors (Lipinski definition) is 2. The maximum Gasteiger partial charge on any atom is 0.241 e. The average molecular weight is 337 g/mol. The maximum absolute atomic E-state index is 12.6. The fourth-order valence-corrected chi connectivity index (χ4v) is 3.75. The Labute approximate surface area is 137 Å². The van der Waals surface area contributed by atoms with Crippen LogP contribution in [0.4, 0.5) is 0 Å². The topological polar surface area (TPSA) is 84.1 Å². The van der Waals surface area contributed by atoms with Crippen LogP contribution in [-0.2, 0) is 16.6 Å². The summed E-state index contributed by atoms with van der Waals surface area (Å²) >= 11 is 0. The van der Waals surface area contributed by atoms with Crippen molar-refractivity contribution in [3.8, 4) is 5.75 Å². The largest absolute Gasteiger partial charge is 0.494 e. The summed E-state index contributed by atoms with van der Waals surface area (Å²) in [5.74, 6) is 0.713. The normalized spacial score (nSPS) is 11.7. The number of nitrogens with one attached hydrogen (secondary N) is 2. The smallest absolute Gasteiger partial charge is 0.241 e. The van der Waals surface area contributed by atoms with E-state index < -0.39 is 10.0 Å². The van der Waals surface area contributed by atoms with Gasteiger partial charge >= 0.3 is 0 Å². The molecule has 0 unspecified atom stereocenters. The van der Waals surface area contributed by atoms with Crippen molar-refractivity contribution in [2.24, 2.45) is 0 Å². The number of benzene rings is 1. The van der Waals surface area contributed by atoms with E-state index in [1.54, 1.807) is 19.1 Å². The van der Waals surface area contributed by atoms with Crippen molar-refractivity contribution in [3.63, 3.8) is 0 Å². The first kappa shape index (κ1) is 17.5. The van der Waals surface area contributed by atoms with Crippen LogP contribution in [0.3, 0.4) is 0 Å². The first-order valence-corrected chi connectivity index (χ1v) is 8.98. The molecule has 0 fully saturated rings. The Morgan fingerprint density at radius 1 is 1.17 bits per heavy atom. The maximum atomic E-state index is 12.6. The van der Waals surface area contributed by atoms with E-state index >= 15 is 0 Å². The summed E-state index contributed by atoms with van der Waals surface area (Å²) in [6.45, 7) is 9.98. The van der Waals surface area contributed by atoms with Gasteiger partial charge in [0, 0.05) is 17.8 Å². The van der Waals surface area contributed by atoms with Gasteiger partial charge in [-0.3, -0.25) is 5.10 Å². The standard InChI is InChI=1S/C16H23N3O3S/c1-6-22-15-7-11(3)16(8-10(15)2)23(20,21)17-9-14-12(4)18-19-13(14)5/h7-8,17H,6,9H2,1-5H3,(H,18,19). The third-order valence-corrected chi connectivity index (χ3v) is 5.32. The van der Waals surface area contributed by atoms with Crippen LogP contribution in [-0.4, -0.2) is 25.2 Å². The lowest BCUT2D eigenvalue weighted by Crippen LogP contribution is -2.24. The molecule has 1 aromatic heterocycles. The van der Waals surface area contributed by atoms with Gasteiger partial charge in [0.25, 0.3) is 0 Å². The van der Waals surface area contributed by atoms with Crippen LogP contribution in [0.2, 0.25) is 0 Å². The molecule has 2 aromatic rings. The van der Waals surface area contributed by atoms with E-state index in [4.69, 9.17) is 4.74 Å². The molecule has 0 aliphatic heterocycles. The van der Waals surface area contributed by atoms with Crippen LogP contribution in [0.5, 0.6) is 5.75 Å². The van der Waals surface area contributed by atoms with Gasteiger partial charge in [-0.05, 0) is 57.9 Å². The van der Waals surface area contributed by atoms with E-state index in [0.29, 0.717) is 17.9 Å². The molecule has 2 rings (SSSR count). The van der Waals surface area contributed by atoms with Crippen molar-refractivity contribution in [1.29, 1.82) is 0 Å². The van der Waals surface area contributed by atoms with E-state index in [0.717, 1.165) is 22.5 Å². The minimum atomic E-state index is -3.60. The summed E-state index contributed by atoms with van der Waals surface area (Å²) in [6, 6.07) is 3.42. The van der Waals surface area contributed by atoms with Gasteiger partial charge in [0.15, 0.2) is 0 Å². The zero-order chi connectivity index (χ0) is 17.2. The molecule has 0 bridgehead atoms. The van der Waals surface area contributed by atoms with Crippen LogP contribution in [0.25, 0.3) is 0 Å². The van der Waals surface area contributed by atoms with E-state index in [-0.39, 0.29) is 11.4 Å². The number of hydrogen-bond acceptors (Lipinski definition) is 4. The van der Waals surface area contributed by atoms with Gasteiger partial charge in [-0.1, -0.05) is 0 Å². The Hall–Kier alpha value is -1.86. The predicted octanol–water partition coefficient (Wildman–Crippen LogP) is 2.52. The highest BCUT2D eigenvalue weighted by Gasteiger charge is 2.20. The molecule has 2 N–H and O–H groups in total. The Kier molecular flexibility index (Phi) is 5.11. The molecule has 0 atom stereocenters. The number of aromatic nitrogens is 2. The Morgan fingerprint density at radius 2 is 1.87 bits per heavy atom. The highest BCUT2D eigenvalue weighted by atomic mass is 32.2. The minimum absolute atomic E-state index is 0.211. The number of H-pyrrole nitrogens is 1. The lowest BCUT2D eigenvalue weighted by Gasteiger charge is -2.13. The molecule has 0 amide bonds. The van der Waals surface area contributed by atoms with Crippen molar-refractivity contribution in [2.75, 3.05) is 6.61 Å². The highest BCUT2D eigenvalue weighted by Crippen LogP contribution is 2.26. The summed E-state index contributed by atoms with van der Waals surface area (Å²) < 4.78 is 33.4. The lowest BCUT2D eigenvalue weighted by molar-refractivity contribution is 0.337. The fourth-order valence-electron chi connectivity index (χ4n) is 2.44. The molecule has 23 heavy (non-hydrogen) atoms. The van der Waals surface area contributed by atoms with Gasteiger partial charge < -0.3 is 4.74 Å². The van der Waals surface area contributed by atoms with Crippen molar-refractivity contribution in [2.45, 2.75) is 46.1 Å². The van der Waals surface area contributed by atoms with Gasteiger partial charge in [0.05, 0.1) is 17.2 Å².